The molecular formula is C25H30Cl2N2O2S. The third kappa shape index (κ3) is 7.16. The number of benzene rings is 2. The Hall–Kier alpha value is -1.69. The van der Waals surface area contributed by atoms with Crippen molar-refractivity contribution in [3.8, 4) is 0 Å². The number of carbonyl (C=O) groups is 2. The molecule has 0 heterocycles. The number of thioether (sulfide) groups is 1. The summed E-state index contributed by atoms with van der Waals surface area (Å²) in [5.41, 5.74) is 0.847. The highest BCUT2D eigenvalue weighted by atomic mass is 35.5. The number of nitrogens with one attached hydrogen (secondary N) is 1. The highest BCUT2D eigenvalue weighted by molar-refractivity contribution is 7.99. The molecule has 1 saturated carbocycles. The van der Waals surface area contributed by atoms with E-state index in [0.717, 1.165) is 36.1 Å². The van der Waals surface area contributed by atoms with E-state index in [4.69, 9.17) is 23.2 Å². The second-order valence-electron chi connectivity index (χ2n) is 8.08. The molecule has 1 N–H and O–H groups in total. The number of rotatable bonds is 10. The Kier molecular flexibility index (Phi) is 9.76. The van der Waals surface area contributed by atoms with E-state index in [0.29, 0.717) is 35.2 Å². The molecule has 4 nitrogen and oxygen atoms in total. The van der Waals surface area contributed by atoms with Gasteiger partial charge in [-0.1, -0.05) is 61.2 Å². The maximum Gasteiger partial charge on any atom is 0.243 e. The first kappa shape index (κ1) is 24.9. The molecular weight excluding hydrogens is 463 g/mol. The van der Waals surface area contributed by atoms with Crippen LogP contribution in [0.25, 0.3) is 0 Å². The van der Waals surface area contributed by atoms with E-state index in [1.165, 1.54) is 0 Å². The fraction of sp³-hybridized carbons (Fsp3) is 0.440. The van der Waals surface area contributed by atoms with Gasteiger partial charge in [0.15, 0.2) is 0 Å². The van der Waals surface area contributed by atoms with Crippen LogP contribution in [0.15, 0.2) is 53.4 Å². The van der Waals surface area contributed by atoms with Crippen LogP contribution in [0.2, 0.25) is 10.0 Å². The average Bonchev–Trinajstić information content (AvgIpc) is 3.29. The van der Waals surface area contributed by atoms with Crippen molar-refractivity contribution in [3.05, 3.63) is 64.1 Å². The number of hydrogen-bond donors (Lipinski definition) is 1. The van der Waals surface area contributed by atoms with E-state index in [2.05, 4.69) is 5.32 Å². The van der Waals surface area contributed by atoms with Crippen molar-refractivity contribution >= 4 is 46.8 Å². The predicted octanol–water partition coefficient (Wildman–Crippen LogP) is 6.34. The first-order valence-electron chi connectivity index (χ1n) is 11.2. The van der Waals surface area contributed by atoms with Crippen molar-refractivity contribution in [2.24, 2.45) is 0 Å². The van der Waals surface area contributed by atoms with Gasteiger partial charge in [-0.2, -0.15) is 0 Å². The molecule has 7 heteroatoms. The molecule has 172 valence electrons. The minimum absolute atomic E-state index is 0.0418. The fourth-order valence-electron chi connectivity index (χ4n) is 4.03. The first-order chi connectivity index (χ1) is 15.5. The maximum atomic E-state index is 13.3. The number of nitrogens with zero attached hydrogens (tertiary/aromatic N) is 1. The molecule has 0 bridgehead atoms. The zero-order valence-electron chi connectivity index (χ0n) is 18.4. The molecule has 32 heavy (non-hydrogen) atoms. The Bertz CT molecular complexity index is 901. The largest absolute Gasteiger partial charge is 0.352 e. The average molecular weight is 494 g/mol. The molecule has 2 aromatic rings. The van der Waals surface area contributed by atoms with E-state index in [1.807, 2.05) is 55.5 Å². The van der Waals surface area contributed by atoms with Gasteiger partial charge in [0, 0.05) is 39.7 Å². The number of amides is 2. The van der Waals surface area contributed by atoms with Gasteiger partial charge in [-0.3, -0.25) is 9.59 Å². The van der Waals surface area contributed by atoms with Crippen LogP contribution in [0.4, 0.5) is 0 Å². The lowest BCUT2D eigenvalue weighted by Gasteiger charge is -2.32. The molecule has 0 aliphatic heterocycles. The van der Waals surface area contributed by atoms with Gasteiger partial charge >= 0.3 is 0 Å². The van der Waals surface area contributed by atoms with Crippen molar-refractivity contribution < 1.29 is 9.59 Å². The van der Waals surface area contributed by atoms with E-state index in [-0.39, 0.29) is 17.9 Å². The molecule has 0 aromatic heterocycles. The number of carbonyl (C=O) groups excluding carboxylic acids is 2. The lowest BCUT2D eigenvalue weighted by Crippen LogP contribution is -2.51. The Labute approximate surface area is 205 Å². The summed E-state index contributed by atoms with van der Waals surface area (Å²) in [5, 5.41) is 4.46. The summed E-state index contributed by atoms with van der Waals surface area (Å²) in [7, 11) is 0. The van der Waals surface area contributed by atoms with Crippen molar-refractivity contribution in [1.82, 2.24) is 10.2 Å². The second-order valence-corrected chi connectivity index (χ2v) is 10.1. The van der Waals surface area contributed by atoms with Gasteiger partial charge in [0.05, 0.1) is 0 Å². The summed E-state index contributed by atoms with van der Waals surface area (Å²) >= 11 is 13.9. The summed E-state index contributed by atoms with van der Waals surface area (Å²) < 4.78 is 0. The molecule has 1 aliphatic rings. The van der Waals surface area contributed by atoms with Gasteiger partial charge in [-0.05, 0) is 55.2 Å². The smallest absolute Gasteiger partial charge is 0.243 e. The molecule has 2 aromatic carbocycles. The number of halogens is 2. The molecule has 1 fully saturated rings. The minimum atomic E-state index is -0.514. The first-order valence-corrected chi connectivity index (χ1v) is 12.9. The Morgan fingerprint density at radius 1 is 1.09 bits per heavy atom. The SMILES string of the molecule is CCC(C(=O)NC1CCCC1)N(Cc1ccccc1Cl)C(=O)CCSc1ccc(Cl)cc1. The van der Waals surface area contributed by atoms with Crippen molar-refractivity contribution in [3.63, 3.8) is 0 Å². The monoisotopic (exact) mass is 492 g/mol. The molecule has 0 radical (unpaired) electrons. The predicted molar refractivity (Wildman–Crippen MR) is 133 cm³/mol. The Balaban J connectivity index is 1.70. The van der Waals surface area contributed by atoms with E-state index < -0.39 is 6.04 Å². The van der Waals surface area contributed by atoms with Crippen LogP contribution in [0.3, 0.4) is 0 Å². The quantitative estimate of drug-likeness (QED) is 0.393. The summed E-state index contributed by atoms with van der Waals surface area (Å²) in [4.78, 5) is 29.2. The topological polar surface area (TPSA) is 49.4 Å². The van der Waals surface area contributed by atoms with Crippen LogP contribution in [0.1, 0.15) is 51.0 Å². The maximum absolute atomic E-state index is 13.3. The normalized spacial score (nSPS) is 14.8. The van der Waals surface area contributed by atoms with Crippen molar-refractivity contribution in [2.75, 3.05) is 5.75 Å². The highest BCUT2D eigenvalue weighted by Crippen LogP contribution is 2.24. The van der Waals surface area contributed by atoms with Gasteiger partial charge in [-0.25, -0.2) is 0 Å². The van der Waals surface area contributed by atoms with Gasteiger partial charge in [0.25, 0.3) is 0 Å². The molecule has 1 atom stereocenters. The van der Waals surface area contributed by atoms with Gasteiger partial charge in [0.2, 0.25) is 11.8 Å². The van der Waals surface area contributed by atoms with Gasteiger partial charge in [-0.15, -0.1) is 11.8 Å². The van der Waals surface area contributed by atoms with Crippen molar-refractivity contribution in [1.29, 1.82) is 0 Å². The molecule has 1 aliphatic carbocycles. The minimum Gasteiger partial charge on any atom is -0.352 e. The zero-order valence-corrected chi connectivity index (χ0v) is 20.7. The summed E-state index contributed by atoms with van der Waals surface area (Å²) in [6.45, 7) is 2.27. The summed E-state index contributed by atoms with van der Waals surface area (Å²) in [6.07, 6.45) is 5.21. The van der Waals surface area contributed by atoms with E-state index in [1.54, 1.807) is 16.7 Å². The lowest BCUT2D eigenvalue weighted by molar-refractivity contribution is -0.141. The summed E-state index contributed by atoms with van der Waals surface area (Å²) in [6, 6.07) is 14.8. The van der Waals surface area contributed by atoms with Gasteiger partial charge < -0.3 is 10.2 Å². The molecule has 0 saturated heterocycles. The summed E-state index contributed by atoms with van der Waals surface area (Å²) in [5.74, 6) is 0.519. The van der Waals surface area contributed by atoms with E-state index in [9.17, 15) is 9.59 Å². The fourth-order valence-corrected chi connectivity index (χ4v) is 5.19. The molecule has 3 rings (SSSR count). The van der Waals surface area contributed by atoms with Crippen LogP contribution in [-0.4, -0.2) is 34.6 Å². The molecule has 1 unspecified atom stereocenters. The molecule has 2 amide bonds. The van der Waals surface area contributed by atoms with Crippen LogP contribution in [-0.2, 0) is 16.1 Å². The van der Waals surface area contributed by atoms with E-state index >= 15 is 0 Å². The number of hydrogen-bond acceptors (Lipinski definition) is 3. The van der Waals surface area contributed by atoms with Crippen LogP contribution < -0.4 is 5.32 Å². The zero-order chi connectivity index (χ0) is 22.9. The lowest BCUT2D eigenvalue weighted by atomic mass is 10.1. The third-order valence-corrected chi connectivity index (χ3v) is 7.42. The second kappa shape index (κ2) is 12.5. The Morgan fingerprint density at radius 3 is 2.44 bits per heavy atom. The van der Waals surface area contributed by atoms with Crippen LogP contribution >= 0.6 is 35.0 Å². The molecule has 0 spiro atoms. The third-order valence-electron chi connectivity index (χ3n) is 5.78. The van der Waals surface area contributed by atoms with Crippen LogP contribution in [0.5, 0.6) is 0 Å². The standard InChI is InChI=1S/C25H30Cl2N2O2S/c1-2-23(25(31)28-20-8-4-5-9-20)29(17-18-7-3-6-10-22(18)27)24(30)15-16-32-21-13-11-19(26)12-14-21/h3,6-7,10-14,20,23H,2,4-5,8-9,15-17H2,1H3,(H,28,31). The Morgan fingerprint density at radius 2 is 1.78 bits per heavy atom. The van der Waals surface area contributed by atoms with Crippen LogP contribution in [0, 0.1) is 0 Å². The highest BCUT2D eigenvalue weighted by Gasteiger charge is 2.30. The van der Waals surface area contributed by atoms with Crippen molar-refractivity contribution in [2.45, 2.75) is 69.0 Å². The van der Waals surface area contributed by atoms with Gasteiger partial charge in [0.1, 0.15) is 6.04 Å².